The number of nitrogen functional groups attached to an aromatic ring is 1. The van der Waals surface area contributed by atoms with Crippen LogP contribution < -0.4 is 11.1 Å². The summed E-state index contributed by atoms with van der Waals surface area (Å²) in [7, 11) is 0. The van der Waals surface area contributed by atoms with Crippen molar-refractivity contribution in [2.24, 2.45) is 0 Å². The van der Waals surface area contributed by atoms with E-state index in [2.05, 4.69) is 10.4 Å². The van der Waals surface area contributed by atoms with Gasteiger partial charge >= 0.3 is 0 Å². The number of aromatic nitrogens is 2. The summed E-state index contributed by atoms with van der Waals surface area (Å²) in [5.41, 5.74) is 7.15. The molecule has 2 aromatic rings. The minimum Gasteiger partial charge on any atom is -0.397 e. The molecule has 1 aromatic heterocycles. The third-order valence-corrected chi connectivity index (χ3v) is 2.62. The number of benzene rings is 1. The Kier molecular flexibility index (Phi) is 3.85. The second kappa shape index (κ2) is 5.92. The van der Waals surface area contributed by atoms with Crippen LogP contribution in [-0.2, 0) is 0 Å². The van der Waals surface area contributed by atoms with E-state index in [0.29, 0.717) is 17.1 Å². The number of allylic oxidation sites excluding steroid dienone is 2. The van der Waals surface area contributed by atoms with Gasteiger partial charge in [-0.2, -0.15) is 20.9 Å². The smallest absolute Gasteiger partial charge is 0.163 e. The Balaban J connectivity index is 2.33. The molecule has 0 fully saturated rings. The fraction of sp³-hybridized carbons (Fsp3) is 0. The second-order valence-corrected chi connectivity index (χ2v) is 3.94. The van der Waals surface area contributed by atoms with E-state index in [1.165, 1.54) is 10.9 Å². The Morgan fingerprint density at radius 3 is 2.48 bits per heavy atom. The molecule has 2 rings (SSSR count). The van der Waals surface area contributed by atoms with Crippen LogP contribution in [0.2, 0.25) is 0 Å². The van der Waals surface area contributed by atoms with Crippen LogP contribution in [0, 0.1) is 34.0 Å². The van der Waals surface area contributed by atoms with Crippen molar-refractivity contribution in [3.8, 4) is 23.9 Å². The van der Waals surface area contributed by atoms with Gasteiger partial charge in [0.25, 0.3) is 0 Å². The van der Waals surface area contributed by atoms with Gasteiger partial charge in [0.15, 0.2) is 5.57 Å². The van der Waals surface area contributed by atoms with Crippen LogP contribution in [-0.4, -0.2) is 9.78 Å². The molecule has 0 aliphatic rings. The van der Waals surface area contributed by atoms with Gasteiger partial charge in [-0.25, -0.2) is 4.68 Å². The van der Waals surface area contributed by atoms with Gasteiger partial charge in [-0.05, 0) is 12.1 Å². The summed E-state index contributed by atoms with van der Waals surface area (Å²) < 4.78 is 1.53. The maximum absolute atomic E-state index is 8.97. The van der Waals surface area contributed by atoms with Crippen LogP contribution in [0.3, 0.4) is 0 Å². The third kappa shape index (κ3) is 2.81. The van der Waals surface area contributed by atoms with Gasteiger partial charge in [-0.15, -0.1) is 0 Å². The van der Waals surface area contributed by atoms with Crippen LogP contribution in [0.15, 0.2) is 47.9 Å². The number of nitrogens with zero attached hydrogens (tertiary/aromatic N) is 5. The molecular formula is C14H9N7. The molecule has 1 heterocycles. The number of para-hydroxylation sites is 2. The number of nitriles is 3. The molecule has 0 bridgehead atoms. The number of hydrogen-bond acceptors (Lipinski definition) is 6. The SMILES string of the molecule is N#CC(C#N)=C(C#N)Nc1cnn(-c2ccccc2N)c1. The standard InChI is InChI=1S/C14H9N7/c15-5-10(6-16)13(7-17)20-11-8-19-21(9-11)14-4-2-1-3-12(14)18/h1-4,8-9,20H,18H2. The zero-order chi connectivity index (χ0) is 15.2. The molecule has 0 radical (unpaired) electrons. The van der Waals surface area contributed by atoms with E-state index in [0.717, 1.165) is 0 Å². The summed E-state index contributed by atoms with van der Waals surface area (Å²) in [5.74, 6) is 0. The first kappa shape index (κ1) is 13.7. The summed E-state index contributed by atoms with van der Waals surface area (Å²) >= 11 is 0. The van der Waals surface area contributed by atoms with E-state index in [4.69, 9.17) is 21.5 Å². The monoisotopic (exact) mass is 275 g/mol. The molecular weight excluding hydrogens is 266 g/mol. The zero-order valence-electron chi connectivity index (χ0n) is 10.8. The van der Waals surface area contributed by atoms with Gasteiger partial charge in [-0.3, -0.25) is 0 Å². The molecule has 7 nitrogen and oxygen atoms in total. The molecule has 0 spiro atoms. The zero-order valence-corrected chi connectivity index (χ0v) is 10.8. The van der Waals surface area contributed by atoms with Crippen LogP contribution in [0.5, 0.6) is 0 Å². The number of nitrogens with one attached hydrogen (secondary N) is 1. The summed E-state index contributed by atoms with van der Waals surface area (Å²) in [5, 5.41) is 33.3. The number of hydrogen-bond donors (Lipinski definition) is 2. The number of rotatable bonds is 3. The van der Waals surface area contributed by atoms with Crippen LogP contribution in [0.25, 0.3) is 5.69 Å². The lowest BCUT2D eigenvalue weighted by molar-refractivity contribution is 0.883. The van der Waals surface area contributed by atoms with Gasteiger partial charge in [0, 0.05) is 0 Å². The van der Waals surface area contributed by atoms with E-state index in [-0.39, 0.29) is 11.3 Å². The van der Waals surface area contributed by atoms with Gasteiger partial charge in [0.2, 0.25) is 0 Å². The molecule has 0 saturated carbocycles. The van der Waals surface area contributed by atoms with Crippen molar-refractivity contribution < 1.29 is 0 Å². The first-order chi connectivity index (χ1) is 10.2. The summed E-state index contributed by atoms with van der Waals surface area (Å²) in [6.07, 6.45) is 3.07. The topological polar surface area (TPSA) is 127 Å². The van der Waals surface area contributed by atoms with Crippen molar-refractivity contribution in [2.75, 3.05) is 11.1 Å². The van der Waals surface area contributed by atoms with Crippen molar-refractivity contribution in [3.05, 3.63) is 47.9 Å². The van der Waals surface area contributed by atoms with Gasteiger partial charge < -0.3 is 11.1 Å². The Bertz CT molecular complexity index is 808. The van der Waals surface area contributed by atoms with E-state index in [1.807, 2.05) is 12.1 Å². The maximum atomic E-state index is 8.97. The highest BCUT2D eigenvalue weighted by atomic mass is 15.3. The van der Waals surface area contributed by atoms with Gasteiger partial charge in [-0.1, -0.05) is 12.1 Å². The molecule has 0 aliphatic carbocycles. The Morgan fingerprint density at radius 1 is 1.14 bits per heavy atom. The fourth-order valence-electron chi connectivity index (χ4n) is 1.64. The van der Waals surface area contributed by atoms with E-state index < -0.39 is 0 Å². The molecule has 0 saturated heterocycles. The number of nitrogens with two attached hydrogens (primary N) is 1. The highest BCUT2D eigenvalue weighted by molar-refractivity contribution is 5.60. The fourth-order valence-corrected chi connectivity index (χ4v) is 1.64. The normalized spacial score (nSPS) is 9.00. The van der Waals surface area contributed by atoms with E-state index >= 15 is 0 Å². The van der Waals surface area contributed by atoms with E-state index in [1.54, 1.807) is 36.5 Å². The maximum Gasteiger partial charge on any atom is 0.163 e. The van der Waals surface area contributed by atoms with Crippen molar-refractivity contribution in [3.63, 3.8) is 0 Å². The van der Waals surface area contributed by atoms with Crippen molar-refractivity contribution >= 4 is 11.4 Å². The molecule has 0 aliphatic heterocycles. The summed E-state index contributed by atoms with van der Waals surface area (Å²) in [4.78, 5) is 0. The molecule has 3 N–H and O–H groups in total. The molecule has 1 aromatic carbocycles. The van der Waals surface area contributed by atoms with Crippen LogP contribution >= 0.6 is 0 Å². The second-order valence-electron chi connectivity index (χ2n) is 3.94. The summed E-state index contributed by atoms with van der Waals surface area (Å²) in [6, 6.07) is 12.3. The minimum atomic E-state index is -0.288. The highest BCUT2D eigenvalue weighted by Gasteiger charge is 2.08. The van der Waals surface area contributed by atoms with Crippen molar-refractivity contribution in [2.45, 2.75) is 0 Å². The molecule has 21 heavy (non-hydrogen) atoms. The lowest BCUT2D eigenvalue weighted by Gasteiger charge is -2.04. The van der Waals surface area contributed by atoms with Crippen molar-refractivity contribution in [1.29, 1.82) is 15.8 Å². The van der Waals surface area contributed by atoms with E-state index in [9.17, 15) is 0 Å². The highest BCUT2D eigenvalue weighted by Crippen LogP contribution is 2.18. The Labute approximate surface area is 120 Å². The average Bonchev–Trinajstić information content (AvgIpc) is 2.96. The predicted molar refractivity (Wildman–Crippen MR) is 75.5 cm³/mol. The molecule has 100 valence electrons. The third-order valence-electron chi connectivity index (χ3n) is 2.62. The summed E-state index contributed by atoms with van der Waals surface area (Å²) in [6.45, 7) is 0. The largest absolute Gasteiger partial charge is 0.397 e. The average molecular weight is 275 g/mol. The Hall–Kier alpha value is -3.76. The predicted octanol–water partition coefficient (Wildman–Crippen LogP) is 1.69. The lowest BCUT2D eigenvalue weighted by atomic mass is 10.2. The molecule has 7 heteroatoms. The van der Waals surface area contributed by atoms with Crippen LogP contribution in [0.1, 0.15) is 0 Å². The first-order valence-electron chi connectivity index (χ1n) is 5.80. The molecule has 0 amide bonds. The van der Waals surface area contributed by atoms with Gasteiger partial charge in [0.1, 0.15) is 23.9 Å². The quantitative estimate of drug-likeness (QED) is 0.648. The first-order valence-corrected chi connectivity index (χ1v) is 5.80. The van der Waals surface area contributed by atoms with Crippen LogP contribution in [0.4, 0.5) is 11.4 Å². The molecule has 0 atom stereocenters. The minimum absolute atomic E-state index is 0.124. The lowest BCUT2D eigenvalue weighted by Crippen LogP contribution is -2.01. The van der Waals surface area contributed by atoms with Crippen molar-refractivity contribution in [1.82, 2.24) is 9.78 Å². The van der Waals surface area contributed by atoms with Gasteiger partial charge in [0.05, 0.1) is 29.5 Å². The number of anilines is 2. The molecule has 0 unspecified atom stereocenters. The Morgan fingerprint density at radius 2 is 1.86 bits per heavy atom.